The minimum Gasteiger partial charge on any atom is -0.390 e. The average Bonchev–Trinajstić information content (AvgIpc) is 2.53. The molecule has 2 atom stereocenters. The van der Waals surface area contributed by atoms with E-state index in [2.05, 4.69) is 10.4 Å². The van der Waals surface area contributed by atoms with Crippen molar-refractivity contribution in [2.24, 2.45) is 7.05 Å². The molecule has 0 spiro atoms. The molecule has 0 aliphatic heterocycles. The lowest BCUT2D eigenvalue weighted by molar-refractivity contribution is 0.0144. The first-order chi connectivity index (χ1) is 7.06. The van der Waals surface area contributed by atoms with Crippen LogP contribution in [-0.4, -0.2) is 39.7 Å². The minimum absolute atomic E-state index is 0.258. The number of nitrogen functional groups attached to an aromatic ring is 1. The number of nitrogens with zero attached hydrogens (tertiary/aromatic N) is 2. The van der Waals surface area contributed by atoms with E-state index in [4.69, 9.17) is 5.73 Å². The normalized spacial score (nSPS) is 15.2. The fourth-order valence-corrected chi connectivity index (χ4v) is 1.41. The van der Waals surface area contributed by atoms with Crippen LogP contribution in [0, 0.1) is 0 Å². The van der Waals surface area contributed by atoms with Gasteiger partial charge in [-0.15, -0.1) is 0 Å². The third-order valence-corrected chi connectivity index (χ3v) is 2.26. The lowest BCUT2D eigenvalue weighted by Gasteiger charge is -2.16. The molecule has 0 aliphatic rings. The Labute approximate surface area is 88.7 Å². The van der Waals surface area contributed by atoms with Gasteiger partial charge < -0.3 is 21.3 Å². The van der Waals surface area contributed by atoms with Crippen molar-refractivity contribution in [1.82, 2.24) is 15.1 Å². The van der Waals surface area contributed by atoms with Crippen LogP contribution in [0.4, 0.5) is 5.82 Å². The zero-order valence-corrected chi connectivity index (χ0v) is 9.01. The number of aliphatic hydroxyl groups is 2. The molecule has 1 aromatic heterocycles. The molecule has 0 radical (unpaired) electrons. The predicted octanol–water partition coefficient (Wildman–Crippen LogP) is -0.994. The van der Waals surface area contributed by atoms with E-state index in [0.29, 0.717) is 18.5 Å². The molecule has 0 aromatic carbocycles. The summed E-state index contributed by atoms with van der Waals surface area (Å²) in [6.45, 7) is 0.637. The molecular formula is C9H18N4O2. The predicted molar refractivity (Wildman–Crippen MR) is 57.1 cm³/mol. The molecule has 0 aliphatic carbocycles. The van der Waals surface area contributed by atoms with Gasteiger partial charge in [-0.1, -0.05) is 0 Å². The van der Waals surface area contributed by atoms with Crippen LogP contribution in [0.25, 0.3) is 0 Å². The first-order valence-corrected chi connectivity index (χ1v) is 4.86. The van der Waals surface area contributed by atoms with Crippen molar-refractivity contribution in [3.63, 3.8) is 0 Å². The zero-order chi connectivity index (χ0) is 11.4. The van der Waals surface area contributed by atoms with Crippen molar-refractivity contribution in [1.29, 1.82) is 0 Å². The number of rotatable bonds is 5. The molecule has 0 amide bonds. The van der Waals surface area contributed by atoms with Gasteiger partial charge in [0.1, 0.15) is 6.10 Å². The first-order valence-electron chi connectivity index (χ1n) is 4.86. The largest absolute Gasteiger partial charge is 0.390 e. The van der Waals surface area contributed by atoms with E-state index in [-0.39, 0.29) is 5.82 Å². The molecule has 1 rings (SSSR count). The smallest absolute Gasteiger partial charge is 0.151 e. The number of hydrogen-bond donors (Lipinski definition) is 4. The molecule has 86 valence electrons. The van der Waals surface area contributed by atoms with Gasteiger partial charge in [0.15, 0.2) is 5.82 Å². The number of anilines is 1. The number of nitrogens with two attached hydrogens (primary N) is 1. The van der Waals surface area contributed by atoms with Crippen molar-refractivity contribution in [3.05, 3.63) is 11.8 Å². The summed E-state index contributed by atoms with van der Waals surface area (Å²) in [5, 5.41) is 26.3. The Morgan fingerprint density at radius 3 is 2.73 bits per heavy atom. The van der Waals surface area contributed by atoms with Crippen LogP contribution in [0.5, 0.6) is 0 Å². The van der Waals surface area contributed by atoms with Crippen molar-refractivity contribution in [2.45, 2.75) is 18.6 Å². The summed E-state index contributed by atoms with van der Waals surface area (Å²) in [4.78, 5) is 0. The van der Waals surface area contributed by atoms with Crippen molar-refractivity contribution < 1.29 is 10.2 Å². The number of aromatic nitrogens is 2. The molecular weight excluding hydrogens is 196 g/mol. The molecule has 15 heavy (non-hydrogen) atoms. The summed E-state index contributed by atoms with van der Waals surface area (Å²) in [6.07, 6.45) is 0.269. The van der Waals surface area contributed by atoms with Gasteiger partial charge in [-0.25, -0.2) is 0 Å². The van der Waals surface area contributed by atoms with E-state index < -0.39 is 12.2 Å². The van der Waals surface area contributed by atoms with Gasteiger partial charge >= 0.3 is 0 Å². The van der Waals surface area contributed by atoms with Gasteiger partial charge in [0.25, 0.3) is 0 Å². The van der Waals surface area contributed by atoms with Crippen LogP contribution in [0.3, 0.4) is 0 Å². The van der Waals surface area contributed by atoms with Crippen LogP contribution in [0.15, 0.2) is 6.20 Å². The van der Waals surface area contributed by atoms with Crippen LogP contribution < -0.4 is 11.1 Å². The Morgan fingerprint density at radius 1 is 1.60 bits per heavy atom. The summed E-state index contributed by atoms with van der Waals surface area (Å²) in [5.74, 6) is 0.258. The molecule has 0 saturated heterocycles. The summed E-state index contributed by atoms with van der Waals surface area (Å²) >= 11 is 0. The van der Waals surface area contributed by atoms with Crippen LogP contribution >= 0.6 is 0 Å². The van der Waals surface area contributed by atoms with Crippen LogP contribution in [0.1, 0.15) is 18.1 Å². The molecule has 2 unspecified atom stereocenters. The number of aryl methyl sites for hydroxylation is 1. The fraction of sp³-hybridized carbons (Fsp3) is 0.667. The molecule has 6 heteroatoms. The summed E-state index contributed by atoms with van der Waals surface area (Å²) in [7, 11) is 3.50. The number of hydrogen-bond acceptors (Lipinski definition) is 5. The maximum absolute atomic E-state index is 9.80. The standard InChI is InChI=1S/C9H18N4O2/c1-11-4-3-7(14)8(15)6-5-13(2)12-9(6)10/h5,7-8,11,14-15H,3-4H2,1-2H3,(H2,10,12). The van der Waals surface area contributed by atoms with Gasteiger partial charge in [0.2, 0.25) is 0 Å². The van der Waals surface area contributed by atoms with E-state index in [1.807, 2.05) is 0 Å². The molecule has 0 fully saturated rings. The van der Waals surface area contributed by atoms with Crippen molar-refractivity contribution in [3.8, 4) is 0 Å². The highest BCUT2D eigenvalue weighted by Gasteiger charge is 2.21. The molecule has 1 aromatic rings. The average molecular weight is 214 g/mol. The maximum Gasteiger partial charge on any atom is 0.151 e. The second kappa shape index (κ2) is 5.11. The molecule has 6 nitrogen and oxygen atoms in total. The molecule has 5 N–H and O–H groups in total. The lowest BCUT2D eigenvalue weighted by Crippen LogP contribution is -2.23. The monoisotopic (exact) mass is 214 g/mol. The second-order valence-corrected chi connectivity index (χ2v) is 3.55. The van der Waals surface area contributed by atoms with Gasteiger partial charge in [0, 0.05) is 18.8 Å². The molecule has 1 heterocycles. The Bertz CT molecular complexity index is 313. The molecule has 0 bridgehead atoms. The fourth-order valence-electron chi connectivity index (χ4n) is 1.41. The highest BCUT2D eigenvalue weighted by Crippen LogP contribution is 2.22. The van der Waals surface area contributed by atoms with Gasteiger partial charge in [0.05, 0.1) is 6.10 Å². The minimum atomic E-state index is -0.980. The number of aliphatic hydroxyl groups excluding tert-OH is 2. The quantitative estimate of drug-likeness (QED) is 0.504. The van der Waals surface area contributed by atoms with Gasteiger partial charge in [-0.2, -0.15) is 5.10 Å². The Balaban J connectivity index is 2.66. The number of nitrogens with one attached hydrogen (secondary N) is 1. The van der Waals surface area contributed by atoms with E-state index in [9.17, 15) is 10.2 Å². The van der Waals surface area contributed by atoms with E-state index in [0.717, 1.165) is 0 Å². The van der Waals surface area contributed by atoms with E-state index in [1.165, 1.54) is 4.68 Å². The third-order valence-electron chi connectivity index (χ3n) is 2.26. The first kappa shape index (κ1) is 12.0. The van der Waals surface area contributed by atoms with Crippen LogP contribution in [0.2, 0.25) is 0 Å². The third kappa shape index (κ3) is 2.92. The Kier molecular flexibility index (Phi) is 4.07. The second-order valence-electron chi connectivity index (χ2n) is 3.55. The van der Waals surface area contributed by atoms with Crippen LogP contribution in [-0.2, 0) is 7.05 Å². The summed E-state index contributed by atoms with van der Waals surface area (Å²) in [6, 6.07) is 0. The maximum atomic E-state index is 9.80. The van der Waals surface area contributed by atoms with E-state index in [1.54, 1.807) is 20.3 Å². The van der Waals surface area contributed by atoms with E-state index >= 15 is 0 Å². The summed E-state index contributed by atoms with van der Waals surface area (Å²) < 4.78 is 1.51. The topological polar surface area (TPSA) is 96.3 Å². The highest BCUT2D eigenvalue weighted by atomic mass is 16.3. The lowest BCUT2D eigenvalue weighted by atomic mass is 10.0. The van der Waals surface area contributed by atoms with Crippen molar-refractivity contribution in [2.75, 3.05) is 19.3 Å². The SMILES string of the molecule is CNCCC(O)C(O)c1cn(C)nc1N. The zero-order valence-electron chi connectivity index (χ0n) is 9.01. The highest BCUT2D eigenvalue weighted by molar-refractivity contribution is 5.39. The Hall–Kier alpha value is -1.11. The Morgan fingerprint density at radius 2 is 2.27 bits per heavy atom. The summed E-state index contributed by atoms with van der Waals surface area (Å²) in [5.41, 5.74) is 6.06. The van der Waals surface area contributed by atoms with Crippen molar-refractivity contribution >= 4 is 5.82 Å². The van der Waals surface area contributed by atoms with Gasteiger partial charge in [-0.05, 0) is 20.0 Å². The molecule has 0 saturated carbocycles. The van der Waals surface area contributed by atoms with Gasteiger partial charge in [-0.3, -0.25) is 4.68 Å².